The molecule has 0 aromatic carbocycles. The maximum Gasteiger partial charge on any atom is 0.503 e. The molecule has 0 spiro atoms. The summed E-state index contributed by atoms with van der Waals surface area (Å²) in [7, 11) is 0. The summed E-state index contributed by atoms with van der Waals surface area (Å²) in [4.78, 5) is 8.56. The molecule has 0 saturated heterocycles. The molecule has 4 N–H and O–H groups in total. The van der Waals surface area contributed by atoms with E-state index < -0.39 is 31.2 Å². The molecule has 1 atom stereocenters. The molecule has 0 aromatic rings. The average Bonchev–Trinajstić information content (AvgIpc) is 2.14. The molecule has 0 fully saturated rings. The van der Waals surface area contributed by atoms with Gasteiger partial charge in [-0.15, -0.1) is 0 Å². The summed E-state index contributed by atoms with van der Waals surface area (Å²) in [6.07, 6.45) is -13.4. The fourth-order valence-electron chi connectivity index (χ4n) is 0.104. The smallest absolute Gasteiger partial charge is 0.450 e. The summed E-state index contributed by atoms with van der Waals surface area (Å²) >= 11 is 0. The molecule has 0 aliphatic heterocycles. The molecule has 0 aliphatic carbocycles. The van der Waals surface area contributed by atoms with E-state index in [1.807, 2.05) is 0 Å². The van der Waals surface area contributed by atoms with E-state index in [1.165, 1.54) is 0 Å². The molecule has 1 unspecified atom stereocenters. The van der Waals surface area contributed by atoms with Crippen molar-refractivity contribution in [2.45, 2.75) is 18.5 Å². The lowest BCUT2D eigenvalue weighted by atomic mass is 10.4. The molecule has 11 heteroatoms. The van der Waals surface area contributed by atoms with Crippen molar-refractivity contribution in [3.05, 3.63) is 12.7 Å². The van der Waals surface area contributed by atoms with E-state index in [4.69, 9.17) is 25.2 Å². The fraction of sp³-hybridized carbons (Fsp3) is 0.571. The van der Waals surface area contributed by atoms with Gasteiger partial charge in [0, 0.05) is 6.08 Å². The van der Waals surface area contributed by atoms with Crippen molar-refractivity contribution in [3.63, 3.8) is 0 Å². The first-order valence-corrected chi connectivity index (χ1v) is 3.75. The van der Waals surface area contributed by atoms with Gasteiger partial charge in [0.15, 0.2) is 6.10 Å². The second-order valence-electron chi connectivity index (χ2n) is 2.27. The number of hydrogen-bond acceptors (Lipinski definition) is 3. The summed E-state index contributed by atoms with van der Waals surface area (Å²) in [6, 6.07) is 0. The van der Waals surface area contributed by atoms with Crippen LogP contribution in [-0.4, -0.2) is 51.6 Å². The lowest BCUT2D eigenvalue weighted by Gasteiger charge is -2.09. The zero-order valence-corrected chi connectivity index (χ0v) is 8.53. The average molecular weight is 288 g/mol. The number of halogens is 6. The summed E-state index contributed by atoms with van der Waals surface area (Å²) in [5.74, 6) is 0. The van der Waals surface area contributed by atoms with Crippen molar-refractivity contribution in [3.8, 4) is 0 Å². The van der Waals surface area contributed by atoms with E-state index in [0.717, 1.165) is 0 Å². The lowest BCUT2D eigenvalue weighted by Crippen LogP contribution is -2.31. The Hall–Kier alpha value is -1.49. The molecule has 0 bridgehead atoms. The molecule has 5 nitrogen and oxygen atoms in total. The lowest BCUT2D eigenvalue weighted by molar-refractivity contribution is -0.212. The van der Waals surface area contributed by atoms with Crippen molar-refractivity contribution in [1.82, 2.24) is 0 Å². The number of alkyl halides is 6. The SMILES string of the molecule is C=CC(F)(F)F.O=C(O)O.OCC(O)C(F)(F)F. The van der Waals surface area contributed by atoms with Gasteiger partial charge < -0.3 is 20.4 Å². The molecule has 110 valence electrons. The Balaban J connectivity index is -0.000000200. The molecule has 0 aromatic heterocycles. The van der Waals surface area contributed by atoms with Gasteiger partial charge in [-0.2, -0.15) is 26.3 Å². The number of hydrogen-bond donors (Lipinski definition) is 4. The number of rotatable bonds is 1. The molecule has 0 aliphatic rings. The van der Waals surface area contributed by atoms with Gasteiger partial charge in [-0.25, -0.2) is 4.79 Å². The standard InChI is InChI=1S/C3H5F3O2.C3H3F3.CH2O3/c4-3(5,6)2(8)1-7;1-2-3(4,5)6;2-1(3)4/h2,7-8H,1H2;2H,1H2;(H2,2,3,4). The molecule has 18 heavy (non-hydrogen) atoms. The highest BCUT2D eigenvalue weighted by Crippen LogP contribution is 2.18. The Morgan fingerprint density at radius 2 is 1.39 bits per heavy atom. The van der Waals surface area contributed by atoms with Crippen LogP contribution in [0.4, 0.5) is 31.1 Å². The van der Waals surface area contributed by atoms with E-state index in [0.29, 0.717) is 0 Å². The minimum absolute atomic E-state index is 0.0625. The topological polar surface area (TPSA) is 98.0 Å². The quantitative estimate of drug-likeness (QED) is 0.436. The number of aliphatic hydroxyl groups is 2. The number of carbonyl (C=O) groups is 1. The molecule has 0 heterocycles. The molecule has 0 rings (SSSR count). The van der Waals surface area contributed by atoms with E-state index >= 15 is 0 Å². The maximum atomic E-state index is 11.0. The minimum Gasteiger partial charge on any atom is -0.450 e. The van der Waals surface area contributed by atoms with Gasteiger partial charge in [0.05, 0.1) is 6.61 Å². The van der Waals surface area contributed by atoms with Crippen LogP contribution in [-0.2, 0) is 0 Å². The van der Waals surface area contributed by atoms with Gasteiger partial charge >= 0.3 is 18.5 Å². The van der Waals surface area contributed by atoms with Crippen LogP contribution >= 0.6 is 0 Å². The third kappa shape index (κ3) is 29.3. The normalized spacial score (nSPS) is 12.2. The van der Waals surface area contributed by atoms with Crippen LogP contribution < -0.4 is 0 Å². The Morgan fingerprint density at radius 3 is 1.39 bits per heavy atom. The van der Waals surface area contributed by atoms with Crippen molar-refractivity contribution >= 4 is 6.16 Å². The van der Waals surface area contributed by atoms with Crippen molar-refractivity contribution in [2.75, 3.05) is 6.61 Å². The third-order valence-electron chi connectivity index (χ3n) is 0.782. The third-order valence-corrected chi connectivity index (χ3v) is 0.782. The molecule has 0 radical (unpaired) electrons. The minimum atomic E-state index is -4.69. The highest BCUT2D eigenvalue weighted by atomic mass is 19.4. The second kappa shape index (κ2) is 9.53. The van der Waals surface area contributed by atoms with Crippen molar-refractivity contribution in [1.29, 1.82) is 0 Å². The van der Waals surface area contributed by atoms with Crippen LogP contribution in [0.3, 0.4) is 0 Å². The van der Waals surface area contributed by atoms with E-state index in [9.17, 15) is 26.3 Å². The van der Waals surface area contributed by atoms with Crippen molar-refractivity contribution < 1.29 is 51.6 Å². The first kappa shape index (κ1) is 21.8. The molecule has 0 saturated carbocycles. The van der Waals surface area contributed by atoms with Crippen LogP contribution in [0, 0.1) is 0 Å². The molecule has 0 amide bonds. The van der Waals surface area contributed by atoms with Crippen LogP contribution in [0.1, 0.15) is 0 Å². The monoisotopic (exact) mass is 288 g/mol. The van der Waals surface area contributed by atoms with Gasteiger partial charge in [0.2, 0.25) is 0 Å². The highest BCUT2D eigenvalue weighted by molar-refractivity contribution is 5.53. The summed E-state index contributed by atoms with van der Waals surface area (Å²) in [5, 5.41) is 29.5. The number of allylic oxidation sites excluding steroid dienone is 1. The fourth-order valence-corrected chi connectivity index (χ4v) is 0.104. The zero-order chi connectivity index (χ0) is 15.6. The first-order chi connectivity index (χ1) is 7.77. The Kier molecular flexibility index (Phi) is 11.5. The summed E-state index contributed by atoms with van der Waals surface area (Å²) < 4.78 is 65.1. The van der Waals surface area contributed by atoms with Gasteiger partial charge in [0.25, 0.3) is 0 Å². The summed E-state index contributed by atoms with van der Waals surface area (Å²) in [6.45, 7) is 1.23. The van der Waals surface area contributed by atoms with Gasteiger partial charge in [-0.05, 0) is 0 Å². The number of aliphatic hydroxyl groups excluding tert-OH is 2. The molecular weight excluding hydrogens is 278 g/mol. The van der Waals surface area contributed by atoms with Crippen LogP contribution in [0.5, 0.6) is 0 Å². The van der Waals surface area contributed by atoms with Crippen LogP contribution in [0.2, 0.25) is 0 Å². The zero-order valence-electron chi connectivity index (χ0n) is 8.53. The Bertz CT molecular complexity index is 231. The predicted molar refractivity (Wildman–Crippen MR) is 46.1 cm³/mol. The predicted octanol–water partition coefficient (Wildman–Crippen LogP) is 1.86. The summed E-state index contributed by atoms with van der Waals surface area (Å²) in [5.41, 5.74) is 0. The first-order valence-electron chi connectivity index (χ1n) is 3.75. The Morgan fingerprint density at radius 1 is 1.17 bits per heavy atom. The van der Waals surface area contributed by atoms with Gasteiger partial charge in [-0.3, -0.25) is 0 Å². The van der Waals surface area contributed by atoms with Gasteiger partial charge in [-0.1, -0.05) is 6.58 Å². The maximum absolute atomic E-state index is 11.0. The van der Waals surface area contributed by atoms with E-state index in [-0.39, 0.29) is 6.08 Å². The second-order valence-corrected chi connectivity index (χ2v) is 2.27. The molecular formula is C7H10F6O5. The largest absolute Gasteiger partial charge is 0.503 e. The van der Waals surface area contributed by atoms with Crippen molar-refractivity contribution in [2.24, 2.45) is 0 Å². The Labute approximate surface area is 96.6 Å². The van der Waals surface area contributed by atoms with Crippen LogP contribution in [0.25, 0.3) is 0 Å². The highest BCUT2D eigenvalue weighted by Gasteiger charge is 2.37. The van der Waals surface area contributed by atoms with E-state index in [1.54, 1.807) is 0 Å². The number of carboxylic acid groups (broad SMARTS) is 2. The van der Waals surface area contributed by atoms with E-state index in [2.05, 4.69) is 6.58 Å². The van der Waals surface area contributed by atoms with Gasteiger partial charge in [0.1, 0.15) is 0 Å². The van der Waals surface area contributed by atoms with Crippen LogP contribution in [0.15, 0.2) is 12.7 Å².